The second-order valence-corrected chi connectivity index (χ2v) is 9.20. The van der Waals surface area contributed by atoms with E-state index < -0.39 is 6.10 Å². The Kier molecular flexibility index (Phi) is 6.03. The molecule has 0 radical (unpaired) electrons. The highest BCUT2D eigenvalue weighted by Crippen LogP contribution is 2.32. The molecule has 2 saturated heterocycles. The SMILES string of the molecule is Cc1cc2c(c(N3CCCC3)n1)C(=O)N(CC(O)CN1CCN(c3ccccc3)CC1)C2=O. The van der Waals surface area contributed by atoms with E-state index in [2.05, 4.69) is 31.8 Å². The van der Waals surface area contributed by atoms with Gasteiger partial charge in [-0.25, -0.2) is 4.98 Å². The summed E-state index contributed by atoms with van der Waals surface area (Å²) in [6, 6.07) is 12.0. The number of piperazine rings is 1. The summed E-state index contributed by atoms with van der Waals surface area (Å²) in [6.07, 6.45) is 1.33. The van der Waals surface area contributed by atoms with Crippen LogP contribution in [-0.4, -0.2) is 90.2 Å². The van der Waals surface area contributed by atoms with Gasteiger partial charge < -0.3 is 14.9 Å². The topological polar surface area (TPSA) is 80.2 Å². The van der Waals surface area contributed by atoms with Crippen LogP contribution in [0.5, 0.6) is 0 Å². The van der Waals surface area contributed by atoms with Gasteiger partial charge in [0.05, 0.1) is 23.8 Å². The van der Waals surface area contributed by atoms with E-state index in [9.17, 15) is 14.7 Å². The van der Waals surface area contributed by atoms with Crippen LogP contribution in [0.3, 0.4) is 0 Å². The monoisotopic (exact) mass is 449 g/mol. The van der Waals surface area contributed by atoms with Gasteiger partial charge in [-0.1, -0.05) is 18.2 Å². The molecule has 0 aliphatic carbocycles. The highest BCUT2D eigenvalue weighted by atomic mass is 16.3. The van der Waals surface area contributed by atoms with Gasteiger partial charge in [0.2, 0.25) is 0 Å². The Bertz CT molecular complexity index is 1030. The molecule has 2 fully saturated rings. The van der Waals surface area contributed by atoms with Crippen LogP contribution in [0.2, 0.25) is 0 Å². The third-order valence-corrected chi connectivity index (χ3v) is 6.82. The molecule has 2 aromatic rings. The van der Waals surface area contributed by atoms with Crippen molar-refractivity contribution in [1.82, 2.24) is 14.8 Å². The molecular weight excluding hydrogens is 418 g/mol. The average Bonchev–Trinajstić information content (AvgIpc) is 3.44. The Balaban J connectivity index is 1.22. The number of aryl methyl sites for hydroxylation is 1. The number of amides is 2. The number of fused-ring (bicyclic) bond motifs is 1. The van der Waals surface area contributed by atoms with Crippen molar-refractivity contribution in [1.29, 1.82) is 0 Å². The van der Waals surface area contributed by atoms with Gasteiger partial charge >= 0.3 is 0 Å². The number of aliphatic hydroxyl groups is 1. The maximum absolute atomic E-state index is 13.2. The number of hydrogen-bond acceptors (Lipinski definition) is 7. The Hall–Kier alpha value is -2.97. The molecule has 8 heteroatoms. The molecule has 1 aromatic carbocycles. The van der Waals surface area contributed by atoms with Crippen LogP contribution < -0.4 is 9.80 Å². The smallest absolute Gasteiger partial charge is 0.265 e. The number of carbonyl (C=O) groups excluding carboxylic acids is 2. The van der Waals surface area contributed by atoms with Gasteiger partial charge in [-0.05, 0) is 38.0 Å². The predicted molar refractivity (Wildman–Crippen MR) is 127 cm³/mol. The van der Waals surface area contributed by atoms with Crippen LogP contribution in [0, 0.1) is 6.92 Å². The number of anilines is 2. The van der Waals surface area contributed by atoms with Crippen LogP contribution in [0.1, 0.15) is 39.3 Å². The minimum Gasteiger partial charge on any atom is -0.390 e. The third kappa shape index (κ3) is 4.32. The van der Waals surface area contributed by atoms with Crippen molar-refractivity contribution in [2.75, 3.05) is 62.2 Å². The maximum atomic E-state index is 13.2. The lowest BCUT2D eigenvalue weighted by Gasteiger charge is -2.37. The molecule has 4 heterocycles. The fourth-order valence-electron chi connectivity index (χ4n) is 5.13. The fraction of sp³-hybridized carbons (Fsp3) is 0.480. The van der Waals surface area contributed by atoms with Gasteiger partial charge in [0.15, 0.2) is 0 Å². The first-order chi connectivity index (χ1) is 16.0. The van der Waals surface area contributed by atoms with Gasteiger partial charge in [0.1, 0.15) is 5.82 Å². The molecule has 1 aromatic heterocycles. The number of hydrogen-bond donors (Lipinski definition) is 1. The number of pyridine rings is 1. The van der Waals surface area contributed by atoms with Crippen LogP contribution in [0.4, 0.5) is 11.5 Å². The largest absolute Gasteiger partial charge is 0.390 e. The van der Waals surface area contributed by atoms with E-state index in [0.29, 0.717) is 23.5 Å². The van der Waals surface area contributed by atoms with Crippen LogP contribution >= 0.6 is 0 Å². The standard InChI is InChI=1S/C25H31N5O3/c1-18-15-21-22(23(26-18)29-9-5-6-10-29)25(33)30(24(21)32)17-20(31)16-27-11-13-28(14-12-27)19-7-3-2-4-8-19/h2-4,7-8,15,20,31H,5-6,9-14,16-17H2,1H3. The number of β-amino-alcohol motifs (C(OH)–C–C–N with tert-alkyl or cyclic N) is 1. The molecule has 8 nitrogen and oxygen atoms in total. The Morgan fingerprint density at radius 3 is 2.30 bits per heavy atom. The van der Waals surface area contributed by atoms with Gasteiger partial charge in [-0.2, -0.15) is 0 Å². The first-order valence-electron chi connectivity index (χ1n) is 11.8. The highest BCUT2D eigenvalue weighted by Gasteiger charge is 2.41. The van der Waals surface area contributed by atoms with E-state index in [1.54, 1.807) is 6.07 Å². The molecule has 33 heavy (non-hydrogen) atoms. The highest BCUT2D eigenvalue weighted by molar-refractivity contribution is 6.23. The third-order valence-electron chi connectivity index (χ3n) is 6.82. The lowest BCUT2D eigenvalue weighted by Crippen LogP contribution is -2.50. The van der Waals surface area contributed by atoms with E-state index in [0.717, 1.165) is 57.8 Å². The van der Waals surface area contributed by atoms with Crippen molar-refractivity contribution < 1.29 is 14.7 Å². The molecule has 174 valence electrons. The number of benzene rings is 1. The number of nitrogens with zero attached hydrogens (tertiary/aromatic N) is 5. The van der Waals surface area contributed by atoms with Crippen LogP contribution in [0.25, 0.3) is 0 Å². The van der Waals surface area contributed by atoms with Crippen molar-refractivity contribution in [2.45, 2.75) is 25.9 Å². The zero-order valence-corrected chi connectivity index (χ0v) is 19.1. The number of aliphatic hydroxyl groups excluding tert-OH is 1. The first-order valence-corrected chi connectivity index (χ1v) is 11.8. The fourth-order valence-corrected chi connectivity index (χ4v) is 5.13. The molecule has 5 rings (SSSR count). The zero-order chi connectivity index (χ0) is 22.9. The number of rotatable bonds is 6. The van der Waals surface area contributed by atoms with Gasteiger partial charge in [0, 0.05) is 57.2 Å². The van der Waals surface area contributed by atoms with Crippen molar-refractivity contribution in [3.63, 3.8) is 0 Å². The maximum Gasteiger partial charge on any atom is 0.265 e. The van der Waals surface area contributed by atoms with E-state index in [4.69, 9.17) is 0 Å². The van der Waals surface area contributed by atoms with Gasteiger partial charge in [-0.3, -0.25) is 19.4 Å². The van der Waals surface area contributed by atoms with Crippen LogP contribution in [0.15, 0.2) is 36.4 Å². The number of aromatic nitrogens is 1. The summed E-state index contributed by atoms with van der Waals surface area (Å²) in [5, 5.41) is 10.8. The molecule has 1 N–H and O–H groups in total. The summed E-state index contributed by atoms with van der Waals surface area (Å²) >= 11 is 0. The first kappa shape index (κ1) is 21.9. The van der Waals surface area contributed by atoms with Crippen LogP contribution in [-0.2, 0) is 0 Å². The predicted octanol–water partition coefficient (Wildman–Crippen LogP) is 1.77. The van der Waals surface area contributed by atoms with E-state index in [1.165, 1.54) is 10.6 Å². The summed E-state index contributed by atoms with van der Waals surface area (Å²) in [4.78, 5) is 38.8. The van der Waals surface area contributed by atoms with Gasteiger partial charge in [0.25, 0.3) is 11.8 Å². The molecular formula is C25H31N5O3. The van der Waals surface area contributed by atoms with Gasteiger partial charge in [-0.15, -0.1) is 0 Å². The minimum atomic E-state index is -0.792. The Morgan fingerprint density at radius 2 is 1.61 bits per heavy atom. The van der Waals surface area contributed by atoms with Crippen molar-refractivity contribution in [2.24, 2.45) is 0 Å². The lowest BCUT2D eigenvalue weighted by atomic mass is 10.1. The van der Waals surface area contributed by atoms with Crippen molar-refractivity contribution in [3.05, 3.63) is 53.2 Å². The Morgan fingerprint density at radius 1 is 0.909 bits per heavy atom. The van der Waals surface area contributed by atoms with E-state index in [1.807, 2.05) is 25.1 Å². The second kappa shape index (κ2) is 9.11. The second-order valence-electron chi connectivity index (χ2n) is 9.20. The van der Waals surface area contributed by atoms with Crippen molar-refractivity contribution in [3.8, 4) is 0 Å². The normalized spacial score (nSPS) is 20.0. The molecule has 1 unspecified atom stereocenters. The molecule has 0 spiro atoms. The number of imide groups is 1. The average molecular weight is 450 g/mol. The molecule has 2 amide bonds. The summed E-state index contributed by atoms with van der Waals surface area (Å²) in [6.45, 7) is 7.42. The molecule has 0 bridgehead atoms. The number of para-hydroxylation sites is 1. The molecule has 3 aliphatic heterocycles. The lowest BCUT2D eigenvalue weighted by molar-refractivity contribution is 0.0469. The molecule has 0 saturated carbocycles. The summed E-state index contributed by atoms with van der Waals surface area (Å²) in [7, 11) is 0. The minimum absolute atomic E-state index is 0.00370. The van der Waals surface area contributed by atoms with E-state index >= 15 is 0 Å². The Labute approximate surface area is 194 Å². The zero-order valence-electron chi connectivity index (χ0n) is 19.1. The summed E-state index contributed by atoms with van der Waals surface area (Å²) in [5.41, 5.74) is 2.76. The summed E-state index contributed by atoms with van der Waals surface area (Å²) < 4.78 is 0. The molecule has 3 aliphatic rings. The number of carbonyl (C=O) groups is 2. The quantitative estimate of drug-likeness (QED) is 0.674. The van der Waals surface area contributed by atoms with E-state index in [-0.39, 0.29) is 18.4 Å². The van der Waals surface area contributed by atoms with Crippen molar-refractivity contribution >= 4 is 23.3 Å². The molecule has 1 atom stereocenters. The summed E-state index contributed by atoms with van der Waals surface area (Å²) in [5.74, 6) is -0.0406.